The number of benzene rings is 2. The number of methoxy groups -OCH3 is 1. The zero-order valence-electron chi connectivity index (χ0n) is 17.6. The minimum absolute atomic E-state index is 0.177. The van der Waals surface area contributed by atoms with Crippen LogP contribution < -0.4 is 9.47 Å². The molecule has 2 aromatic carbocycles. The molecule has 1 aromatic heterocycles. The summed E-state index contributed by atoms with van der Waals surface area (Å²) in [5, 5.41) is 0. The van der Waals surface area contributed by atoms with Gasteiger partial charge in [-0.25, -0.2) is 4.79 Å². The molecule has 0 aliphatic heterocycles. The Labute approximate surface area is 176 Å². The van der Waals surface area contributed by atoms with Gasteiger partial charge in [0.25, 0.3) is 0 Å². The fourth-order valence-electron chi connectivity index (χ4n) is 3.37. The highest BCUT2D eigenvalue weighted by atomic mass is 16.5. The van der Waals surface area contributed by atoms with E-state index in [0.717, 1.165) is 5.56 Å². The topological polar surface area (TPSA) is 66.8 Å². The molecule has 0 bridgehead atoms. The lowest BCUT2D eigenvalue weighted by molar-refractivity contribution is 0.0511. The molecule has 0 aliphatic carbocycles. The first kappa shape index (κ1) is 21.2. The van der Waals surface area contributed by atoms with Gasteiger partial charge in [-0.05, 0) is 43.7 Å². The van der Waals surface area contributed by atoms with Crippen LogP contribution in [-0.2, 0) is 11.3 Å². The summed E-state index contributed by atoms with van der Waals surface area (Å²) in [6.07, 6.45) is 0. The fourth-order valence-corrected chi connectivity index (χ4v) is 3.37. The summed E-state index contributed by atoms with van der Waals surface area (Å²) in [5.74, 6) is 0.291. The van der Waals surface area contributed by atoms with Crippen LogP contribution in [0.5, 0.6) is 11.5 Å². The SMILES string of the molecule is CCOC(=O)c1c(OCc2ccccc2)c(C)c(C(C)=O)n1-c1ccc(OC)cc1. The van der Waals surface area contributed by atoms with E-state index in [1.54, 1.807) is 49.8 Å². The number of carbonyl (C=O) groups is 2. The van der Waals surface area contributed by atoms with Crippen molar-refractivity contribution in [2.24, 2.45) is 0 Å². The molecule has 3 aromatic rings. The third-order valence-electron chi connectivity index (χ3n) is 4.72. The van der Waals surface area contributed by atoms with E-state index in [4.69, 9.17) is 14.2 Å². The average molecular weight is 407 g/mol. The van der Waals surface area contributed by atoms with Crippen LogP contribution in [0, 0.1) is 6.92 Å². The van der Waals surface area contributed by atoms with Crippen molar-refractivity contribution in [3.05, 3.63) is 77.1 Å². The van der Waals surface area contributed by atoms with E-state index in [0.29, 0.717) is 28.4 Å². The van der Waals surface area contributed by atoms with E-state index in [1.165, 1.54) is 6.92 Å². The van der Waals surface area contributed by atoms with Gasteiger partial charge in [0.2, 0.25) is 0 Å². The van der Waals surface area contributed by atoms with Crippen molar-refractivity contribution in [2.45, 2.75) is 27.4 Å². The summed E-state index contributed by atoms with van der Waals surface area (Å²) in [7, 11) is 1.58. The number of ketones is 1. The monoisotopic (exact) mass is 407 g/mol. The van der Waals surface area contributed by atoms with Gasteiger partial charge < -0.3 is 14.2 Å². The van der Waals surface area contributed by atoms with E-state index >= 15 is 0 Å². The lowest BCUT2D eigenvalue weighted by atomic mass is 10.2. The second-order valence-corrected chi connectivity index (χ2v) is 6.74. The molecule has 0 atom stereocenters. The van der Waals surface area contributed by atoms with Crippen LogP contribution in [0.1, 0.15) is 46.0 Å². The first-order valence-corrected chi connectivity index (χ1v) is 9.72. The highest BCUT2D eigenvalue weighted by molar-refractivity contribution is 6.01. The molecule has 30 heavy (non-hydrogen) atoms. The minimum atomic E-state index is -0.549. The van der Waals surface area contributed by atoms with E-state index in [2.05, 4.69) is 0 Å². The van der Waals surface area contributed by atoms with Gasteiger partial charge in [0.15, 0.2) is 17.2 Å². The van der Waals surface area contributed by atoms with Crippen molar-refractivity contribution < 1.29 is 23.8 Å². The normalized spacial score (nSPS) is 10.5. The lowest BCUT2D eigenvalue weighted by Crippen LogP contribution is -2.15. The van der Waals surface area contributed by atoms with Gasteiger partial charge in [-0.1, -0.05) is 30.3 Å². The second-order valence-electron chi connectivity index (χ2n) is 6.74. The molecule has 3 rings (SSSR count). The van der Waals surface area contributed by atoms with E-state index in [1.807, 2.05) is 30.3 Å². The summed E-state index contributed by atoms with van der Waals surface area (Å²) in [5.41, 5.74) is 2.76. The highest BCUT2D eigenvalue weighted by Crippen LogP contribution is 2.35. The van der Waals surface area contributed by atoms with Gasteiger partial charge in [0.1, 0.15) is 12.4 Å². The fraction of sp³-hybridized carbons (Fsp3) is 0.250. The number of aromatic nitrogens is 1. The zero-order valence-corrected chi connectivity index (χ0v) is 17.6. The number of ether oxygens (including phenoxy) is 3. The first-order valence-electron chi connectivity index (χ1n) is 9.72. The molecule has 6 nitrogen and oxygen atoms in total. The number of Topliss-reactive ketones (excluding diaryl/α,β-unsaturated/α-hetero) is 1. The number of esters is 1. The maximum Gasteiger partial charge on any atom is 0.359 e. The molecule has 0 saturated heterocycles. The van der Waals surface area contributed by atoms with Crippen LogP contribution in [0.15, 0.2) is 54.6 Å². The number of rotatable bonds is 8. The van der Waals surface area contributed by atoms with Gasteiger partial charge in [-0.3, -0.25) is 9.36 Å². The van der Waals surface area contributed by atoms with Crippen molar-refractivity contribution in [1.82, 2.24) is 4.57 Å². The van der Waals surface area contributed by atoms with E-state index < -0.39 is 5.97 Å². The Hall–Kier alpha value is -3.54. The van der Waals surface area contributed by atoms with Gasteiger partial charge >= 0.3 is 5.97 Å². The van der Waals surface area contributed by atoms with Crippen molar-refractivity contribution in [3.63, 3.8) is 0 Å². The summed E-state index contributed by atoms with van der Waals surface area (Å²) in [4.78, 5) is 25.5. The number of carbonyl (C=O) groups excluding carboxylic acids is 2. The maximum absolute atomic E-state index is 12.9. The first-order chi connectivity index (χ1) is 14.5. The Morgan fingerprint density at radius 2 is 1.63 bits per heavy atom. The lowest BCUT2D eigenvalue weighted by Gasteiger charge is -2.13. The number of hydrogen-bond donors (Lipinski definition) is 0. The highest BCUT2D eigenvalue weighted by Gasteiger charge is 2.30. The smallest absolute Gasteiger partial charge is 0.359 e. The molecule has 0 spiro atoms. The molecule has 0 saturated carbocycles. The Kier molecular flexibility index (Phi) is 6.57. The predicted octanol–water partition coefficient (Wildman–Crippen LogP) is 4.75. The van der Waals surface area contributed by atoms with Crippen LogP contribution in [0.3, 0.4) is 0 Å². The number of nitrogens with zero attached hydrogens (tertiary/aromatic N) is 1. The Morgan fingerprint density at radius 3 is 2.20 bits per heavy atom. The molecule has 0 unspecified atom stereocenters. The Balaban J connectivity index is 2.17. The van der Waals surface area contributed by atoms with Crippen molar-refractivity contribution >= 4 is 11.8 Å². The average Bonchev–Trinajstić information content (AvgIpc) is 3.05. The largest absolute Gasteiger partial charge is 0.497 e. The minimum Gasteiger partial charge on any atom is -0.497 e. The third-order valence-corrected chi connectivity index (χ3v) is 4.72. The van der Waals surface area contributed by atoms with E-state index in [-0.39, 0.29) is 24.7 Å². The molecular formula is C24H25NO5. The summed E-state index contributed by atoms with van der Waals surface area (Å²) in [6.45, 7) is 5.46. The molecule has 156 valence electrons. The van der Waals surface area contributed by atoms with Crippen LogP contribution in [0.25, 0.3) is 5.69 Å². The van der Waals surface area contributed by atoms with Crippen LogP contribution in [-0.4, -0.2) is 30.0 Å². The van der Waals surface area contributed by atoms with Crippen LogP contribution in [0.4, 0.5) is 0 Å². The third kappa shape index (κ3) is 4.22. The summed E-state index contributed by atoms with van der Waals surface area (Å²) in [6, 6.07) is 16.7. The quantitative estimate of drug-likeness (QED) is 0.398. The summed E-state index contributed by atoms with van der Waals surface area (Å²) >= 11 is 0. The zero-order chi connectivity index (χ0) is 21.7. The summed E-state index contributed by atoms with van der Waals surface area (Å²) < 4.78 is 18.2. The van der Waals surface area contributed by atoms with Gasteiger partial charge in [-0.2, -0.15) is 0 Å². The molecule has 0 amide bonds. The number of hydrogen-bond acceptors (Lipinski definition) is 5. The van der Waals surface area contributed by atoms with Crippen LogP contribution >= 0.6 is 0 Å². The molecule has 1 heterocycles. The molecule has 0 radical (unpaired) electrons. The molecular weight excluding hydrogens is 382 g/mol. The van der Waals surface area contributed by atoms with Gasteiger partial charge in [0, 0.05) is 18.2 Å². The Bertz CT molecular complexity index is 1040. The Morgan fingerprint density at radius 1 is 0.967 bits per heavy atom. The maximum atomic E-state index is 12.9. The van der Waals surface area contributed by atoms with Gasteiger partial charge in [0.05, 0.1) is 19.4 Å². The van der Waals surface area contributed by atoms with Gasteiger partial charge in [-0.15, -0.1) is 0 Å². The van der Waals surface area contributed by atoms with E-state index in [9.17, 15) is 9.59 Å². The van der Waals surface area contributed by atoms with Crippen LogP contribution in [0.2, 0.25) is 0 Å². The standard InChI is InChI=1S/C24H25NO5/c1-5-29-24(27)22-23(30-15-18-9-7-6-8-10-18)16(2)21(17(3)26)25(22)19-11-13-20(28-4)14-12-19/h6-14H,5,15H2,1-4H3. The predicted molar refractivity (Wildman–Crippen MR) is 114 cm³/mol. The second kappa shape index (κ2) is 9.31. The van der Waals surface area contributed by atoms with Crippen molar-refractivity contribution in [2.75, 3.05) is 13.7 Å². The molecule has 0 N–H and O–H groups in total. The van der Waals surface area contributed by atoms with Crippen molar-refractivity contribution in [3.8, 4) is 17.2 Å². The molecule has 0 fully saturated rings. The molecule has 0 aliphatic rings. The van der Waals surface area contributed by atoms with Crippen molar-refractivity contribution in [1.29, 1.82) is 0 Å². The molecule has 6 heteroatoms.